The number of anilines is 2. The van der Waals surface area contributed by atoms with E-state index in [-0.39, 0.29) is 11.9 Å². The van der Waals surface area contributed by atoms with E-state index in [9.17, 15) is 4.39 Å². The fourth-order valence-electron chi connectivity index (χ4n) is 2.81. The molecular weight excluding hydrogens is 255 g/mol. The van der Waals surface area contributed by atoms with Gasteiger partial charge in [0.15, 0.2) is 11.6 Å². The Bertz CT molecular complexity index is 476. The van der Waals surface area contributed by atoms with Crippen molar-refractivity contribution in [2.45, 2.75) is 52.7 Å². The monoisotopic (exact) mass is 280 g/mol. The van der Waals surface area contributed by atoms with Crippen LogP contribution < -0.4 is 15.8 Å². The molecule has 0 aromatic heterocycles. The summed E-state index contributed by atoms with van der Waals surface area (Å²) in [6.07, 6.45) is 2.28. The highest BCUT2D eigenvalue weighted by Crippen LogP contribution is 2.36. The van der Waals surface area contributed by atoms with Crippen molar-refractivity contribution >= 4 is 11.4 Å². The number of hydrogen-bond acceptors (Lipinski definition) is 3. The molecule has 4 heteroatoms. The van der Waals surface area contributed by atoms with E-state index in [2.05, 4.69) is 19.2 Å². The van der Waals surface area contributed by atoms with Crippen molar-refractivity contribution in [1.29, 1.82) is 0 Å². The van der Waals surface area contributed by atoms with Crippen molar-refractivity contribution in [1.82, 2.24) is 0 Å². The largest absolute Gasteiger partial charge is 0.488 e. The molecule has 0 saturated heterocycles. The summed E-state index contributed by atoms with van der Waals surface area (Å²) in [5.74, 6) is 1.15. The van der Waals surface area contributed by atoms with Crippen molar-refractivity contribution in [2.75, 3.05) is 11.1 Å². The molecule has 1 saturated carbocycles. The maximum absolute atomic E-state index is 13.8. The summed E-state index contributed by atoms with van der Waals surface area (Å²) >= 11 is 0. The first kappa shape index (κ1) is 14.9. The van der Waals surface area contributed by atoms with E-state index in [4.69, 9.17) is 10.5 Å². The van der Waals surface area contributed by atoms with Crippen LogP contribution in [0, 0.1) is 17.7 Å². The lowest BCUT2D eigenvalue weighted by atomic mass is 9.97. The van der Waals surface area contributed by atoms with Gasteiger partial charge in [-0.1, -0.05) is 13.8 Å². The number of nitrogens with two attached hydrogens (primary N) is 1. The van der Waals surface area contributed by atoms with Crippen LogP contribution in [0.3, 0.4) is 0 Å². The number of nitrogens with one attached hydrogen (secondary N) is 1. The average molecular weight is 280 g/mol. The highest BCUT2D eigenvalue weighted by atomic mass is 19.1. The Hall–Kier alpha value is -1.45. The molecule has 1 fully saturated rings. The van der Waals surface area contributed by atoms with Crippen molar-refractivity contribution in [2.24, 2.45) is 11.8 Å². The van der Waals surface area contributed by atoms with Crippen LogP contribution in [0.1, 0.15) is 40.5 Å². The topological polar surface area (TPSA) is 47.3 Å². The molecule has 0 spiro atoms. The predicted octanol–water partition coefficient (Wildman–Crippen LogP) is 4.04. The van der Waals surface area contributed by atoms with Crippen LogP contribution in [0.15, 0.2) is 12.1 Å². The number of halogens is 1. The fraction of sp³-hybridized carbons (Fsp3) is 0.625. The maximum Gasteiger partial charge on any atom is 0.167 e. The number of hydrogen-bond donors (Lipinski definition) is 2. The van der Waals surface area contributed by atoms with Gasteiger partial charge in [-0.05, 0) is 38.5 Å². The summed E-state index contributed by atoms with van der Waals surface area (Å²) in [6, 6.07) is 3.41. The molecule has 3 N–H and O–H groups in total. The van der Waals surface area contributed by atoms with Gasteiger partial charge in [0.2, 0.25) is 0 Å². The van der Waals surface area contributed by atoms with Crippen molar-refractivity contribution < 1.29 is 9.13 Å². The standard InChI is InChI=1S/C16H25FN2O/c1-9(2)20-16-8-15(13(18)7-12(16)17)19-14-6-5-10(3)11(14)4/h7-11,14,19H,5-6,18H2,1-4H3. The molecule has 3 nitrogen and oxygen atoms in total. The van der Waals surface area contributed by atoms with Crippen LogP contribution in [0.25, 0.3) is 0 Å². The second-order valence-corrected chi connectivity index (χ2v) is 6.20. The predicted molar refractivity (Wildman–Crippen MR) is 81.5 cm³/mol. The minimum atomic E-state index is -0.408. The summed E-state index contributed by atoms with van der Waals surface area (Å²) in [7, 11) is 0. The minimum absolute atomic E-state index is 0.0635. The average Bonchev–Trinajstić information content (AvgIpc) is 2.66. The number of rotatable bonds is 4. The molecule has 1 aromatic rings. The molecule has 20 heavy (non-hydrogen) atoms. The number of nitrogen functional groups attached to an aromatic ring is 1. The van der Waals surface area contributed by atoms with E-state index in [1.807, 2.05) is 13.8 Å². The van der Waals surface area contributed by atoms with Gasteiger partial charge in [-0.25, -0.2) is 4.39 Å². The first-order valence-electron chi connectivity index (χ1n) is 7.40. The molecule has 3 unspecified atom stereocenters. The maximum atomic E-state index is 13.8. The molecule has 0 radical (unpaired) electrons. The van der Waals surface area contributed by atoms with Crippen LogP contribution in [-0.2, 0) is 0 Å². The lowest BCUT2D eigenvalue weighted by Crippen LogP contribution is -2.24. The van der Waals surface area contributed by atoms with Gasteiger partial charge in [-0.15, -0.1) is 0 Å². The molecule has 1 aromatic carbocycles. The zero-order valence-corrected chi connectivity index (χ0v) is 12.7. The molecule has 0 bridgehead atoms. The SMILES string of the molecule is CC(C)Oc1cc(NC2CCC(C)C2C)c(N)cc1F. The van der Waals surface area contributed by atoms with Gasteiger partial charge in [0.05, 0.1) is 17.5 Å². The highest BCUT2D eigenvalue weighted by Gasteiger charge is 2.30. The minimum Gasteiger partial charge on any atom is -0.488 e. The summed E-state index contributed by atoms with van der Waals surface area (Å²) in [6.45, 7) is 8.28. The Kier molecular flexibility index (Phi) is 4.41. The van der Waals surface area contributed by atoms with Gasteiger partial charge in [-0.2, -0.15) is 0 Å². The van der Waals surface area contributed by atoms with Crippen molar-refractivity contribution in [3.05, 3.63) is 17.9 Å². The summed E-state index contributed by atoms with van der Waals surface area (Å²) in [4.78, 5) is 0. The Balaban J connectivity index is 2.19. The van der Waals surface area contributed by atoms with Gasteiger partial charge < -0.3 is 15.8 Å². The Labute approximate surface area is 120 Å². The molecule has 1 aliphatic carbocycles. The van der Waals surface area contributed by atoms with Gasteiger partial charge in [0.25, 0.3) is 0 Å². The van der Waals surface area contributed by atoms with E-state index in [0.717, 1.165) is 12.1 Å². The van der Waals surface area contributed by atoms with Gasteiger partial charge in [0.1, 0.15) is 0 Å². The van der Waals surface area contributed by atoms with E-state index in [0.29, 0.717) is 23.6 Å². The third kappa shape index (κ3) is 3.17. The molecule has 3 atom stereocenters. The lowest BCUT2D eigenvalue weighted by molar-refractivity contribution is 0.231. The Morgan fingerprint density at radius 3 is 2.55 bits per heavy atom. The van der Waals surface area contributed by atoms with E-state index < -0.39 is 5.82 Å². The normalized spacial score (nSPS) is 26.0. The van der Waals surface area contributed by atoms with Crippen LogP contribution in [0.2, 0.25) is 0 Å². The molecular formula is C16H25FN2O. The van der Waals surface area contributed by atoms with Crippen molar-refractivity contribution in [3.63, 3.8) is 0 Å². The van der Waals surface area contributed by atoms with Gasteiger partial charge >= 0.3 is 0 Å². The number of benzene rings is 1. The van der Waals surface area contributed by atoms with Crippen LogP contribution in [-0.4, -0.2) is 12.1 Å². The molecule has 1 aliphatic rings. The lowest BCUT2D eigenvalue weighted by Gasteiger charge is -2.22. The quantitative estimate of drug-likeness (QED) is 0.818. The first-order chi connectivity index (χ1) is 9.38. The smallest absolute Gasteiger partial charge is 0.167 e. The van der Waals surface area contributed by atoms with E-state index in [1.165, 1.54) is 12.5 Å². The fourth-order valence-corrected chi connectivity index (χ4v) is 2.81. The summed E-state index contributed by atoms with van der Waals surface area (Å²) < 4.78 is 19.3. The van der Waals surface area contributed by atoms with Gasteiger partial charge in [0, 0.05) is 18.2 Å². The third-order valence-electron chi connectivity index (χ3n) is 4.27. The first-order valence-corrected chi connectivity index (χ1v) is 7.40. The highest BCUT2D eigenvalue weighted by molar-refractivity contribution is 5.69. The second-order valence-electron chi connectivity index (χ2n) is 6.20. The molecule has 0 amide bonds. The van der Waals surface area contributed by atoms with E-state index >= 15 is 0 Å². The Morgan fingerprint density at radius 1 is 1.30 bits per heavy atom. The van der Waals surface area contributed by atoms with Crippen LogP contribution >= 0.6 is 0 Å². The van der Waals surface area contributed by atoms with Crippen LogP contribution in [0.4, 0.5) is 15.8 Å². The third-order valence-corrected chi connectivity index (χ3v) is 4.27. The molecule has 2 rings (SSSR count). The van der Waals surface area contributed by atoms with E-state index in [1.54, 1.807) is 6.07 Å². The molecule has 112 valence electrons. The summed E-state index contributed by atoms with van der Waals surface area (Å²) in [5, 5.41) is 3.46. The molecule has 0 heterocycles. The van der Waals surface area contributed by atoms with Crippen LogP contribution in [0.5, 0.6) is 5.75 Å². The van der Waals surface area contributed by atoms with Gasteiger partial charge in [-0.3, -0.25) is 0 Å². The zero-order valence-electron chi connectivity index (χ0n) is 12.7. The Morgan fingerprint density at radius 2 is 2.00 bits per heavy atom. The second kappa shape index (κ2) is 5.90. The summed E-state index contributed by atoms with van der Waals surface area (Å²) in [5.41, 5.74) is 7.13. The molecule has 0 aliphatic heterocycles. The van der Waals surface area contributed by atoms with Crippen molar-refractivity contribution in [3.8, 4) is 5.75 Å². The number of ether oxygens (including phenoxy) is 1. The zero-order chi connectivity index (χ0) is 14.9.